The first-order chi connectivity index (χ1) is 11.1. The fourth-order valence-corrected chi connectivity index (χ4v) is 2.67. The largest absolute Gasteiger partial charge is 0.464 e. The van der Waals surface area contributed by atoms with Gasteiger partial charge in [0.05, 0.1) is 19.3 Å². The molecule has 8 heteroatoms. The first kappa shape index (κ1) is 15.4. The fraction of sp³-hybridized carbons (Fsp3) is 0.533. The van der Waals surface area contributed by atoms with E-state index in [0.717, 1.165) is 43.1 Å². The van der Waals surface area contributed by atoms with E-state index in [4.69, 9.17) is 0 Å². The first-order valence-electron chi connectivity index (χ1n) is 7.64. The van der Waals surface area contributed by atoms with E-state index in [2.05, 4.69) is 29.9 Å². The highest BCUT2D eigenvalue weighted by Crippen LogP contribution is 2.24. The summed E-state index contributed by atoms with van der Waals surface area (Å²) in [5, 5.41) is 7.94. The van der Waals surface area contributed by atoms with Gasteiger partial charge in [-0.25, -0.2) is 19.4 Å². The maximum absolute atomic E-state index is 11.5. The molecule has 0 aliphatic carbocycles. The van der Waals surface area contributed by atoms with Gasteiger partial charge >= 0.3 is 5.97 Å². The van der Waals surface area contributed by atoms with E-state index in [9.17, 15) is 4.79 Å². The summed E-state index contributed by atoms with van der Waals surface area (Å²) in [6.45, 7) is 5.65. The number of aromatic nitrogens is 5. The summed E-state index contributed by atoms with van der Waals surface area (Å²) < 4.78 is 6.40. The predicted molar refractivity (Wildman–Crippen MR) is 83.4 cm³/mol. The van der Waals surface area contributed by atoms with Crippen LogP contribution in [0.25, 0.3) is 0 Å². The van der Waals surface area contributed by atoms with Crippen LogP contribution in [0, 0.1) is 13.8 Å². The van der Waals surface area contributed by atoms with Crippen LogP contribution in [0.2, 0.25) is 0 Å². The summed E-state index contributed by atoms with van der Waals surface area (Å²) in [7, 11) is 1.33. The molecule has 0 saturated carbocycles. The Balaban J connectivity index is 1.76. The normalized spacial score (nSPS) is 18.0. The van der Waals surface area contributed by atoms with Crippen molar-refractivity contribution in [2.45, 2.75) is 32.7 Å². The van der Waals surface area contributed by atoms with E-state index in [1.807, 2.05) is 20.0 Å². The van der Waals surface area contributed by atoms with Crippen molar-refractivity contribution in [3.63, 3.8) is 0 Å². The number of piperidine rings is 1. The van der Waals surface area contributed by atoms with Gasteiger partial charge in [0.15, 0.2) is 5.69 Å². The number of carbonyl (C=O) groups is 1. The minimum Gasteiger partial charge on any atom is -0.464 e. The molecular formula is C15H20N6O2. The van der Waals surface area contributed by atoms with E-state index >= 15 is 0 Å². The molecule has 1 atom stereocenters. The van der Waals surface area contributed by atoms with Gasteiger partial charge in [-0.15, -0.1) is 5.10 Å². The number of ether oxygens (including phenoxy) is 1. The van der Waals surface area contributed by atoms with Crippen molar-refractivity contribution in [3.8, 4) is 0 Å². The minimum absolute atomic E-state index is 0.139. The lowest BCUT2D eigenvalue weighted by Gasteiger charge is -2.32. The molecule has 0 amide bonds. The first-order valence-corrected chi connectivity index (χ1v) is 7.64. The standard InChI is InChI=1S/C15H20N6O2/c1-10-7-16-15(17-11(10)2)20-6-4-5-12(8-20)21-9-13(18-19-21)14(22)23-3/h7,9,12H,4-6,8H2,1-3H3/t12-/m0/s1. The lowest BCUT2D eigenvalue weighted by molar-refractivity contribution is 0.0594. The van der Waals surface area contributed by atoms with Crippen LogP contribution in [0.15, 0.2) is 12.4 Å². The maximum atomic E-state index is 11.5. The molecule has 2 aromatic heterocycles. The summed E-state index contributed by atoms with van der Waals surface area (Å²) in [5.74, 6) is 0.271. The third kappa shape index (κ3) is 3.15. The van der Waals surface area contributed by atoms with Crippen molar-refractivity contribution in [2.75, 3.05) is 25.1 Å². The Bertz CT molecular complexity index is 714. The molecular weight excluding hydrogens is 296 g/mol. The van der Waals surface area contributed by atoms with Gasteiger partial charge in [0.1, 0.15) is 0 Å². The molecule has 8 nitrogen and oxygen atoms in total. The van der Waals surface area contributed by atoms with Crippen LogP contribution in [-0.4, -0.2) is 51.1 Å². The van der Waals surface area contributed by atoms with Crippen molar-refractivity contribution in [1.82, 2.24) is 25.0 Å². The van der Waals surface area contributed by atoms with Gasteiger partial charge in [-0.05, 0) is 32.3 Å². The number of hydrogen-bond acceptors (Lipinski definition) is 7. The van der Waals surface area contributed by atoms with E-state index < -0.39 is 5.97 Å². The van der Waals surface area contributed by atoms with Crippen LogP contribution in [0.1, 0.15) is 40.6 Å². The summed E-state index contributed by atoms with van der Waals surface area (Å²) in [4.78, 5) is 22.6. The minimum atomic E-state index is -0.471. The molecule has 0 unspecified atom stereocenters. The highest BCUT2D eigenvalue weighted by Gasteiger charge is 2.25. The Labute approximate surface area is 134 Å². The van der Waals surface area contributed by atoms with E-state index in [1.165, 1.54) is 7.11 Å². The van der Waals surface area contributed by atoms with Gasteiger partial charge in [0.2, 0.25) is 5.95 Å². The maximum Gasteiger partial charge on any atom is 0.360 e. The molecule has 23 heavy (non-hydrogen) atoms. The molecule has 3 heterocycles. The Morgan fingerprint density at radius 3 is 2.96 bits per heavy atom. The predicted octanol–water partition coefficient (Wildman–Crippen LogP) is 1.31. The van der Waals surface area contributed by atoms with Crippen LogP contribution >= 0.6 is 0 Å². The molecule has 1 aliphatic rings. The fourth-order valence-electron chi connectivity index (χ4n) is 2.67. The average Bonchev–Trinajstić information content (AvgIpc) is 3.07. The number of methoxy groups -OCH3 is 1. The third-order valence-electron chi connectivity index (χ3n) is 4.17. The molecule has 0 bridgehead atoms. The number of rotatable bonds is 3. The number of nitrogens with zero attached hydrogens (tertiary/aromatic N) is 6. The molecule has 3 rings (SSSR count). The van der Waals surface area contributed by atoms with Crippen LogP contribution in [0.3, 0.4) is 0 Å². The Hall–Kier alpha value is -2.51. The van der Waals surface area contributed by atoms with Crippen LogP contribution in [0.4, 0.5) is 5.95 Å². The van der Waals surface area contributed by atoms with Crippen molar-refractivity contribution in [1.29, 1.82) is 0 Å². The van der Waals surface area contributed by atoms with Crippen molar-refractivity contribution >= 4 is 11.9 Å². The van der Waals surface area contributed by atoms with E-state index in [1.54, 1.807) is 10.9 Å². The van der Waals surface area contributed by atoms with Crippen LogP contribution in [0.5, 0.6) is 0 Å². The van der Waals surface area contributed by atoms with Gasteiger partial charge in [0, 0.05) is 25.0 Å². The molecule has 1 aliphatic heterocycles. The van der Waals surface area contributed by atoms with Crippen molar-refractivity contribution in [3.05, 3.63) is 29.3 Å². The number of aryl methyl sites for hydroxylation is 2. The third-order valence-corrected chi connectivity index (χ3v) is 4.17. The summed E-state index contributed by atoms with van der Waals surface area (Å²) in [6.07, 6.45) is 5.48. The molecule has 0 spiro atoms. The van der Waals surface area contributed by atoms with Crippen molar-refractivity contribution in [2.24, 2.45) is 0 Å². The lowest BCUT2D eigenvalue weighted by Crippen LogP contribution is -2.38. The highest BCUT2D eigenvalue weighted by atomic mass is 16.5. The molecule has 0 N–H and O–H groups in total. The van der Waals surface area contributed by atoms with Gasteiger partial charge in [-0.3, -0.25) is 0 Å². The number of carbonyl (C=O) groups excluding carboxylic acids is 1. The second-order valence-corrected chi connectivity index (χ2v) is 5.76. The molecule has 0 aromatic carbocycles. The Morgan fingerprint density at radius 2 is 2.22 bits per heavy atom. The zero-order chi connectivity index (χ0) is 16.4. The zero-order valence-corrected chi connectivity index (χ0v) is 13.6. The molecule has 122 valence electrons. The smallest absolute Gasteiger partial charge is 0.360 e. The van der Waals surface area contributed by atoms with E-state index in [0.29, 0.717) is 0 Å². The zero-order valence-electron chi connectivity index (χ0n) is 13.6. The van der Waals surface area contributed by atoms with Crippen LogP contribution in [-0.2, 0) is 4.74 Å². The number of hydrogen-bond donors (Lipinski definition) is 0. The molecule has 0 radical (unpaired) electrons. The van der Waals surface area contributed by atoms with E-state index in [-0.39, 0.29) is 11.7 Å². The second kappa shape index (κ2) is 6.31. The summed E-state index contributed by atoms with van der Waals surface area (Å²) in [5.41, 5.74) is 2.30. The SMILES string of the molecule is COC(=O)c1cn([C@H]2CCCN(c3ncc(C)c(C)n3)C2)nn1. The monoisotopic (exact) mass is 316 g/mol. The average molecular weight is 316 g/mol. The molecule has 2 aromatic rings. The van der Waals surface area contributed by atoms with Crippen LogP contribution < -0.4 is 4.90 Å². The summed E-state index contributed by atoms with van der Waals surface area (Å²) in [6, 6.07) is 0.139. The molecule has 1 saturated heterocycles. The topological polar surface area (TPSA) is 86.0 Å². The van der Waals surface area contributed by atoms with Gasteiger partial charge in [0.25, 0.3) is 0 Å². The Kier molecular flexibility index (Phi) is 4.22. The highest BCUT2D eigenvalue weighted by molar-refractivity contribution is 5.86. The molecule has 1 fully saturated rings. The summed E-state index contributed by atoms with van der Waals surface area (Å²) >= 11 is 0. The van der Waals surface area contributed by atoms with Crippen molar-refractivity contribution < 1.29 is 9.53 Å². The van der Waals surface area contributed by atoms with Gasteiger partial charge < -0.3 is 9.64 Å². The number of anilines is 1. The second-order valence-electron chi connectivity index (χ2n) is 5.76. The lowest BCUT2D eigenvalue weighted by atomic mass is 10.1. The van der Waals surface area contributed by atoms with Gasteiger partial charge in [-0.2, -0.15) is 0 Å². The van der Waals surface area contributed by atoms with Gasteiger partial charge in [-0.1, -0.05) is 5.21 Å². The Morgan fingerprint density at radius 1 is 1.39 bits per heavy atom. The quantitative estimate of drug-likeness (QED) is 0.789. The number of esters is 1.